The molecule has 0 saturated carbocycles. The molecule has 2 rings (SSSR count). The van der Waals surface area contributed by atoms with Crippen LogP contribution in [0.2, 0.25) is 0 Å². The van der Waals surface area contributed by atoms with Crippen LogP contribution in [-0.4, -0.2) is 24.2 Å². The number of rotatable bonds is 3. The van der Waals surface area contributed by atoms with Crippen molar-refractivity contribution in [3.8, 4) is 11.8 Å². The Labute approximate surface area is 113 Å². The van der Waals surface area contributed by atoms with Crippen LogP contribution in [0.4, 0.5) is 5.69 Å². The van der Waals surface area contributed by atoms with Gasteiger partial charge in [-0.2, -0.15) is 17.0 Å². The number of nitriles is 1. The molecule has 1 fully saturated rings. The predicted molar refractivity (Wildman–Crippen MR) is 76.3 cm³/mol. The van der Waals surface area contributed by atoms with E-state index >= 15 is 0 Å². The molecule has 0 aromatic heterocycles. The molecule has 96 valence electrons. The van der Waals surface area contributed by atoms with Crippen LogP contribution >= 0.6 is 11.8 Å². The SMILES string of the molecule is COc1cc(C#N)ccc1NC1CCCSC1C. The highest BCUT2D eigenvalue weighted by Crippen LogP contribution is 2.31. The minimum absolute atomic E-state index is 0.477. The van der Waals surface area contributed by atoms with Gasteiger partial charge in [0.2, 0.25) is 0 Å². The van der Waals surface area contributed by atoms with Gasteiger partial charge in [0.15, 0.2) is 0 Å². The summed E-state index contributed by atoms with van der Waals surface area (Å²) in [5.41, 5.74) is 1.61. The van der Waals surface area contributed by atoms with Crippen LogP contribution in [0, 0.1) is 11.3 Å². The van der Waals surface area contributed by atoms with E-state index in [0.717, 1.165) is 11.4 Å². The third-order valence-corrected chi connectivity index (χ3v) is 4.66. The Kier molecular flexibility index (Phi) is 4.38. The highest BCUT2D eigenvalue weighted by molar-refractivity contribution is 8.00. The van der Waals surface area contributed by atoms with E-state index < -0.39 is 0 Å². The highest BCUT2D eigenvalue weighted by atomic mass is 32.2. The van der Waals surface area contributed by atoms with Crippen LogP contribution in [0.5, 0.6) is 5.75 Å². The molecular formula is C14H18N2OS. The van der Waals surface area contributed by atoms with Crippen LogP contribution in [0.1, 0.15) is 25.3 Å². The number of nitrogens with zero attached hydrogens (tertiary/aromatic N) is 1. The molecule has 2 unspecified atom stereocenters. The second kappa shape index (κ2) is 6.01. The van der Waals surface area contributed by atoms with E-state index in [1.54, 1.807) is 13.2 Å². The summed E-state index contributed by atoms with van der Waals surface area (Å²) in [6.45, 7) is 2.26. The maximum Gasteiger partial charge on any atom is 0.143 e. The molecule has 0 spiro atoms. The first-order chi connectivity index (χ1) is 8.74. The van der Waals surface area contributed by atoms with Crippen LogP contribution in [-0.2, 0) is 0 Å². The molecule has 0 amide bonds. The first-order valence-electron chi connectivity index (χ1n) is 6.21. The van der Waals surface area contributed by atoms with E-state index in [1.165, 1.54) is 18.6 Å². The maximum absolute atomic E-state index is 8.88. The fourth-order valence-electron chi connectivity index (χ4n) is 2.19. The summed E-state index contributed by atoms with van der Waals surface area (Å²) >= 11 is 2.01. The van der Waals surface area contributed by atoms with Crippen molar-refractivity contribution in [2.24, 2.45) is 0 Å². The highest BCUT2D eigenvalue weighted by Gasteiger charge is 2.22. The summed E-state index contributed by atoms with van der Waals surface area (Å²) in [6, 6.07) is 8.15. The number of thioether (sulfide) groups is 1. The van der Waals surface area contributed by atoms with Crippen LogP contribution in [0.25, 0.3) is 0 Å². The van der Waals surface area contributed by atoms with Crippen molar-refractivity contribution in [2.45, 2.75) is 31.1 Å². The first kappa shape index (κ1) is 13.1. The molecule has 0 aliphatic carbocycles. The summed E-state index contributed by atoms with van der Waals surface area (Å²) in [6.07, 6.45) is 2.45. The van der Waals surface area contributed by atoms with Gasteiger partial charge in [-0.15, -0.1) is 0 Å². The average molecular weight is 262 g/mol. The van der Waals surface area contributed by atoms with E-state index in [-0.39, 0.29) is 0 Å². The van der Waals surface area contributed by atoms with Crippen molar-refractivity contribution in [3.63, 3.8) is 0 Å². The van der Waals surface area contributed by atoms with Crippen molar-refractivity contribution in [1.29, 1.82) is 5.26 Å². The lowest BCUT2D eigenvalue weighted by molar-refractivity contribution is 0.415. The lowest BCUT2D eigenvalue weighted by Crippen LogP contribution is -2.32. The Balaban J connectivity index is 2.15. The van der Waals surface area contributed by atoms with Gasteiger partial charge in [0.1, 0.15) is 5.75 Å². The van der Waals surface area contributed by atoms with Gasteiger partial charge in [-0.1, -0.05) is 6.92 Å². The van der Waals surface area contributed by atoms with Crippen molar-refractivity contribution in [3.05, 3.63) is 23.8 Å². The second-order valence-electron chi connectivity index (χ2n) is 4.50. The Morgan fingerprint density at radius 2 is 2.33 bits per heavy atom. The zero-order chi connectivity index (χ0) is 13.0. The number of methoxy groups -OCH3 is 1. The Morgan fingerprint density at radius 1 is 1.50 bits per heavy atom. The third kappa shape index (κ3) is 2.91. The summed E-state index contributed by atoms with van der Waals surface area (Å²) in [4.78, 5) is 0. The van der Waals surface area contributed by atoms with Gasteiger partial charge < -0.3 is 10.1 Å². The number of hydrogen-bond acceptors (Lipinski definition) is 4. The summed E-state index contributed by atoms with van der Waals surface area (Å²) < 4.78 is 5.34. The van der Waals surface area contributed by atoms with Crippen molar-refractivity contribution < 1.29 is 4.74 Å². The summed E-state index contributed by atoms with van der Waals surface area (Å²) in [5, 5.41) is 13.0. The van der Waals surface area contributed by atoms with Gasteiger partial charge in [-0.3, -0.25) is 0 Å². The molecule has 0 radical (unpaired) electrons. The fourth-order valence-corrected chi connectivity index (χ4v) is 3.33. The molecule has 1 aliphatic rings. The fraction of sp³-hybridized carbons (Fsp3) is 0.500. The Hall–Kier alpha value is -1.34. The molecule has 3 nitrogen and oxygen atoms in total. The molecule has 1 aliphatic heterocycles. The average Bonchev–Trinajstić information content (AvgIpc) is 2.41. The second-order valence-corrected chi connectivity index (χ2v) is 5.98. The maximum atomic E-state index is 8.88. The standard InChI is InChI=1S/C14H18N2OS/c1-10-12(4-3-7-18-10)16-13-6-5-11(9-15)8-14(13)17-2/h5-6,8,10,12,16H,3-4,7H2,1-2H3. The van der Waals surface area contributed by atoms with Crippen LogP contribution in [0.15, 0.2) is 18.2 Å². The predicted octanol–water partition coefficient (Wildman–Crippen LogP) is 3.26. The van der Waals surface area contributed by atoms with Crippen molar-refractivity contribution in [1.82, 2.24) is 0 Å². The number of anilines is 1. The molecule has 1 saturated heterocycles. The van der Waals surface area contributed by atoms with E-state index in [1.807, 2.05) is 23.9 Å². The monoisotopic (exact) mass is 262 g/mol. The molecule has 1 aromatic carbocycles. The molecule has 18 heavy (non-hydrogen) atoms. The topological polar surface area (TPSA) is 45.0 Å². The smallest absolute Gasteiger partial charge is 0.143 e. The molecule has 1 N–H and O–H groups in total. The van der Waals surface area contributed by atoms with Crippen molar-refractivity contribution in [2.75, 3.05) is 18.2 Å². The lowest BCUT2D eigenvalue weighted by atomic mass is 10.1. The zero-order valence-electron chi connectivity index (χ0n) is 10.8. The van der Waals surface area contributed by atoms with Gasteiger partial charge in [-0.05, 0) is 30.7 Å². The minimum atomic E-state index is 0.477. The van der Waals surface area contributed by atoms with Crippen LogP contribution in [0.3, 0.4) is 0 Å². The molecule has 1 aromatic rings. The first-order valence-corrected chi connectivity index (χ1v) is 7.25. The van der Waals surface area contributed by atoms with Gasteiger partial charge in [0.25, 0.3) is 0 Å². The van der Waals surface area contributed by atoms with Gasteiger partial charge >= 0.3 is 0 Å². The molecule has 1 heterocycles. The number of hydrogen-bond donors (Lipinski definition) is 1. The van der Waals surface area contributed by atoms with Gasteiger partial charge in [0.05, 0.1) is 24.4 Å². The zero-order valence-corrected chi connectivity index (χ0v) is 11.6. The van der Waals surface area contributed by atoms with Crippen LogP contribution < -0.4 is 10.1 Å². The Morgan fingerprint density at radius 3 is 3.00 bits per heavy atom. The molecule has 2 atom stereocenters. The molecule has 4 heteroatoms. The summed E-state index contributed by atoms with van der Waals surface area (Å²) in [5.74, 6) is 2.00. The van der Waals surface area contributed by atoms with E-state index in [4.69, 9.17) is 10.00 Å². The Bertz CT molecular complexity index is 456. The molecule has 0 bridgehead atoms. The van der Waals surface area contributed by atoms with E-state index in [9.17, 15) is 0 Å². The normalized spacial score (nSPS) is 23.2. The quantitative estimate of drug-likeness (QED) is 0.908. The van der Waals surface area contributed by atoms with E-state index in [2.05, 4.69) is 18.3 Å². The largest absolute Gasteiger partial charge is 0.495 e. The van der Waals surface area contributed by atoms with Crippen molar-refractivity contribution >= 4 is 17.4 Å². The third-order valence-electron chi connectivity index (χ3n) is 3.28. The number of ether oxygens (including phenoxy) is 1. The number of benzene rings is 1. The minimum Gasteiger partial charge on any atom is -0.495 e. The van der Waals surface area contributed by atoms with Gasteiger partial charge in [0, 0.05) is 17.4 Å². The summed E-state index contributed by atoms with van der Waals surface area (Å²) in [7, 11) is 1.64. The van der Waals surface area contributed by atoms with E-state index in [0.29, 0.717) is 16.9 Å². The molecular weight excluding hydrogens is 244 g/mol. The number of nitrogens with one attached hydrogen (secondary N) is 1. The lowest BCUT2D eigenvalue weighted by Gasteiger charge is -2.30. The van der Waals surface area contributed by atoms with Gasteiger partial charge in [-0.25, -0.2) is 0 Å².